The normalized spacial score (nSPS) is 20.9. The maximum atomic E-state index is 13.5. The zero-order valence-electron chi connectivity index (χ0n) is 16.4. The summed E-state index contributed by atoms with van der Waals surface area (Å²) in [6.45, 7) is 1.13. The van der Waals surface area contributed by atoms with Crippen LogP contribution in [0.3, 0.4) is 0 Å². The summed E-state index contributed by atoms with van der Waals surface area (Å²) in [7, 11) is 0. The number of carbonyl (C=O) groups excluding carboxylic acids is 1. The van der Waals surface area contributed by atoms with Gasteiger partial charge in [-0.3, -0.25) is 9.59 Å². The van der Waals surface area contributed by atoms with Gasteiger partial charge in [0.25, 0.3) is 5.91 Å². The average Bonchev–Trinajstić information content (AvgIpc) is 3.37. The van der Waals surface area contributed by atoms with Crippen LogP contribution in [-0.4, -0.2) is 36.3 Å². The first-order chi connectivity index (χ1) is 14.6. The molecule has 30 heavy (non-hydrogen) atoms. The van der Waals surface area contributed by atoms with E-state index in [4.69, 9.17) is 20.8 Å². The Morgan fingerprint density at radius 1 is 1.17 bits per heavy atom. The molecule has 154 valence electrons. The first-order valence-corrected chi connectivity index (χ1v) is 11.5. The van der Waals surface area contributed by atoms with Crippen molar-refractivity contribution in [2.75, 3.05) is 19.4 Å². The molecule has 1 fully saturated rings. The lowest BCUT2D eigenvalue weighted by atomic mass is 9.98. The number of nitrogens with zero attached hydrogens (tertiary/aromatic N) is 1. The van der Waals surface area contributed by atoms with Gasteiger partial charge in [0.15, 0.2) is 5.43 Å². The minimum atomic E-state index is -0.507. The summed E-state index contributed by atoms with van der Waals surface area (Å²) in [6.07, 6.45) is 3.86. The maximum Gasteiger partial charge on any atom is 0.291 e. The molecule has 2 atom stereocenters. The number of amides is 1. The molecule has 2 aliphatic heterocycles. The topological polar surface area (TPSA) is 59.8 Å². The Bertz CT molecular complexity index is 1180. The Hall–Kier alpha value is -2.28. The number of hydrogen-bond donors (Lipinski definition) is 0. The number of carbonyl (C=O) groups is 1. The molecule has 2 aliphatic rings. The van der Waals surface area contributed by atoms with Crippen molar-refractivity contribution in [3.05, 3.63) is 74.6 Å². The number of benzene rings is 2. The van der Waals surface area contributed by atoms with Crippen molar-refractivity contribution in [1.29, 1.82) is 0 Å². The quantitative estimate of drug-likeness (QED) is 0.539. The number of fused-ring (bicyclic) bond motifs is 2. The SMILES string of the molecule is CSc1ccc(C2c3c(oc4ccc(Cl)cc4c3=O)C(=O)N2CC2CCCO2)cc1. The fraction of sp³-hybridized carbons (Fsp3) is 0.304. The average molecular weight is 442 g/mol. The van der Waals surface area contributed by atoms with E-state index in [-0.39, 0.29) is 23.2 Å². The van der Waals surface area contributed by atoms with Crippen molar-refractivity contribution >= 4 is 40.2 Å². The smallest absolute Gasteiger partial charge is 0.291 e. The van der Waals surface area contributed by atoms with Crippen LogP contribution in [0.1, 0.15) is 40.6 Å². The van der Waals surface area contributed by atoms with Gasteiger partial charge >= 0.3 is 0 Å². The maximum absolute atomic E-state index is 13.5. The van der Waals surface area contributed by atoms with E-state index in [1.54, 1.807) is 34.9 Å². The highest BCUT2D eigenvalue weighted by Gasteiger charge is 2.43. The molecule has 0 aliphatic carbocycles. The molecule has 7 heteroatoms. The molecule has 0 N–H and O–H groups in total. The van der Waals surface area contributed by atoms with Crippen LogP contribution in [0.5, 0.6) is 0 Å². The third kappa shape index (κ3) is 3.23. The lowest BCUT2D eigenvalue weighted by molar-refractivity contribution is 0.0486. The van der Waals surface area contributed by atoms with Gasteiger partial charge in [-0.25, -0.2) is 0 Å². The van der Waals surface area contributed by atoms with Crippen LogP contribution in [0.25, 0.3) is 11.0 Å². The first-order valence-electron chi connectivity index (χ1n) is 9.89. The van der Waals surface area contributed by atoms with Gasteiger partial charge in [-0.1, -0.05) is 23.7 Å². The van der Waals surface area contributed by atoms with Gasteiger partial charge in [0, 0.05) is 23.1 Å². The van der Waals surface area contributed by atoms with Gasteiger partial charge in [-0.05, 0) is 55.0 Å². The third-order valence-corrected chi connectivity index (χ3v) is 6.76. The Labute approximate surface area is 183 Å². The fourth-order valence-electron chi connectivity index (χ4n) is 4.32. The van der Waals surface area contributed by atoms with Crippen molar-refractivity contribution < 1.29 is 13.9 Å². The van der Waals surface area contributed by atoms with Crippen molar-refractivity contribution in [2.24, 2.45) is 0 Å². The third-order valence-electron chi connectivity index (χ3n) is 5.78. The number of ether oxygens (including phenoxy) is 1. The standard InChI is InChI=1S/C23H20ClNO4S/c1-30-16-7-4-13(5-8-16)20-19-21(26)17-11-14(24)6-9-18(17)29-22(19)23(27)25(20)12-15-3-2-10-28-15/h4-9,11,15,20H,2-3,10,12H2,1H3. The van der Waals surface area contributed by atoms with Gasteiger partial charge in [-0.2, -0.15) is 0 Å². The molecule has 5 rings (SSSR count). The Morgan fingerprint density at radius 2 is 1.97 bits per heavy atom. The van der Waals surface area contributed by atoms with E-state index in [1.807, 2.05) is 30.5 Å². The molecule has 0 radical (unpaired) electrons. The van der Waals surface area contributed by atoms with E-state index in [0.717, 1.165) is 23.3 Å². The van der Waals surface area contributed by atoms with E-state index >= 15 is 0 Å². The minimum absolute atomic E-state index is 0.0322. The molecule has 1 saturated heterocycles. The highest BCUT2D eigenvalue weighted by molar-refractivity contribution is 7.98. The summed E-state index contributed by atoms with van der Waals surface area (Å²) in [5.41, 5.74) is 1.42. The molecule has 1 amide bonds. The fourth-order valence-corrected chi connectivity index (χ4v) is 4.90. The van der Waals surface area contributed by atoms with Crippen LogP contribution in [0.15, 0.2) is 56.6 Å². The zero-order chi connectivity index (χ0) is 20.8. The molecule has 0 bridgehead atoms. The summed E-state index contributed by atoms with van der Waals surface area (Å²) in [4.78, 5) is 29.7. The molecule has 1 aromatic heterocycles. The van der Waals surface area contributed by atoms with Crippen molar-refractivity contribution in [2.45, 2.75) is 29.9 Å². The minimum Gasteiger partial charge on any atom is -0.450 e. The highest BCUT2D eigenvalue weighted by atomic mass is 35.5. The van der Waals surface area contributed by atoms with Crippen LogP contribution >= 0.6 is 23.4 Å². The van der Waals surface area contributed by atoms with Crippen LogP contribution in [0.2, 0.25) is 5.02 Å². The number of rotatable bonds is 4. The van der Waals surface area contributed by atoms with Gasteiger partial charge in [-0.15, -0.1) is 11.8 Å². The second-order valence-electron chi connectivity index (χ2n) is 7.58. The number of hydrogen-bond acceptors (Lipinski definition) is 5. The van der Waals surface area contributed by atoms with E-state index in [9.17, 15) is 9.59 Å². The molecule has 3 aromatic rings. The van der Waals surface area contributed by atoms with Crippen LogP contribution in [0.4, 0.5) is 0 Å². The molecule has 2 unspecified atom stereocenters. The molecule has 3 heterocycles. The van der Waals surface area contributed by atoms with Gasteiger partial charge < -0.3 is 14.1 Å². The molecule has 0 spiro atoms. The van der Waals surface area contributed by atoms with Crippen molar-refractivity contribution in [1.82, 2.24) is 4.90 Å². The predicted molar refractivity (Wildman–Crippen MR) is 118 cm³/mol. The van der Waals surface area contributed by atoms with E-state index in [2.05, 4.69) is 0 Å². The second-order valence-corrected chi connectivity index (χ2v) is 8.90. The Kier molecular flexibility index (Phi) is 5.09. The monoisotopic (exact) mass is 441 g/mol. The molecular formula is C23H20ClNO4S. The first kappa shape index (κ1) is 19.7. The lowest BCUT2D eigenvalue weighted by Crippen LogP contribution is -2.36. The zero-order valence-corrected chi connectivity index (χ0v) is 18.0. The van der Waals surface area contributed by atoms with Gasteiger partial charge in [0.2, 0.25) is 5.76 Å². The van der Waals surface area contributed by atoms with E-state index in [1.165, 1.54) is 0 Å². The van der Waals surface area contributed by atoms with Gasteiger partial charge in [0.05, 0.1) is 23.1 Å². The van der Waals surface area contributed by atoms with Crippen LogP contribution in [0, 0.1) is 0 Å². The molecule has 5 nitrogen and oxygen atoms in total. The van der Waals surface area contributed by atoms with Crippen molar-refractivity contribution in [3.8, 4) is 0 Å². The summed E-state index contributed by atoms with van der Waals surface area (Å²) in [5.74, 6) is -0.153. The van der Waals surface area contributed by atoms with Crippen molar-refractivity contribution in [3.63, 3.8) is 0 Å². The van der Waals surface area contributed by atoms with Gasteiger partial charge in [0.1, 0.15) is 5.58 Å². The second kappa shape index (κ2) is 7.76. The van der Waals surface area contributed by atoms with E-state index in [0.29, 0.717) is 34.7 Å². The lowest BCUT2D eigenvalue weighted by Gasteiger charge is -2.27. The number of halogens is 1. The predicted octanol–water partition coefficient (Wildman–Crippen LogP) is 4.89. The van der Waals surface area contributed by atoms with E-state index < -0.39 is 6.04 Å². The molecule has 0 saturated carbocycles. The summed E-state index contributed by atoms with van der Waals surface area (Å²) < 4.78 is 11.7. The number of thioether (sulfide) groups is 1. The summed E-state index contributed by atoms with van der Waals surface area (Å²) in [6, 6.07) is 12.3. The largest absolute Gasteiger partial charge is 0.450 e. The Balaban J connectivity index is 1.69. The summed E-state index contributed by atoms with van der Waals surface area (Å²) >= 11 is 7.77. The van der Waals surface area contributed by atoms with Crippen LogP contribution < -0.4 is 5.43 Å². The molecular weight excluding hydrogens is 422 g/mol. The Morgan fingerprint density at radius 3 is 2.67 bits per heavy atom. The summed E-state index contributed by atoms with van der Waals surface area (Å²) in [5, 5.41) is 0.843. The highest BCUT2D eigenvalue weighted by Crippen LogP contribution is 2.39. The molecule has 2 aromatic carbocycles. The van der Waals surface area contributed by atoms with Crippen LogP contribution in [-0.2, 0) is 4.74 Å².